The SMILES string of the molecule is CCSOCN(C(=O)C(OC(=O)CCl)C(C)C)C(C)CC. The van der Waals surface area contributed by atoms with E-state index in [-0.39, 0.29) is 30.5 Å². The first-order valence-electron chi connectivity index (χ1n) is 7.19. The fourth-order valence-electron chi connectivity index (χ4n) is 1.61. The Morgan fingerprint density at radius 1 is 1.24 bits per heavy atom. The van der Waals surface area contributed by atoms with Gasteiger partial charge in [-0.25, -0.2) is 0 Å². The van der Waals surface area contributed by atoms with E-state index < -0.39 is 12.1 Å². The average molecular weight is 340 g/mol. The van der Waals surface area contributed by atoms with Gasteiger partial charge in [0.2, 0.25) is 0 Å². The summed E-state index contributed by atoms with van der Waals surface area (Å²) in [5.41, 5.74) is 0. The molecule has 0 aliphatic carbocycles. The molecule has 2 unspecified atom stereocenters. The lowest BCUT2D eigenvalue weighted by Gasteiger charge is -2.32. The summed E-state index contributed by atoms with van der Waals surface area (Å²) in [7, 11) is 0. The summed E-state index contributed by atoms with van der Waals surface area (Å²) < 4.78 is 10.6. The van der Waals surface area contributed by atoms with Crippen molar-refractivity contribution < 1.29 is 18.5 Å². The number of esters is 1. The number of ether oxygens (including phenoxy) is 1. The van der Waals surface area contributed by atoms with Crippen molar-refractivity contribution >= 4 is 35.5 Å². The molecule has 0 saturated carbocycles. The van der Waals surface area contributed by atoms with E-state index in [2.05, 4.69) is 0 Å². The van der Waals surface area contributed by atoms with Gasteiger partial charge in [0.15, 0.2) is 6.10 Å². The van der Waals surface area contributed by atoms with Gasteiger partial charge >= 0.3 is 5.97 Å². The van der Waals surface area contributed by atoms with Crippen LogP contribution in [0, 0.1) is 5.92 Å². The monoisotopic (exact) mass is 339 g/mol. The van der Waals surface area contributed by atoms with Gasteiger partial charge in [-0.1, -0.05) is 27.7 Å². The Morgan fingerprint density at radius 3 is 2.29 bits per heavy atom. The maximum Gasteiger partial charge on any atom is 0.321 e. The largest absolute Gasteiger partial charge is 0.451 e. The van der Waals surface area contributed by atoms with Gasteiger partial charge < -0.3 is 9.64 Å². The molecule has 0 aromatic carbocycles. The van der Waals surface area contributed by atoms with Crippen LogP contribution in [0.1, 0.15) is 41.0 Å². The summed E-state index contributed by atoms with van der Waals surface area (Å²) in [5, 5.41) is 0. The standard InChI is InChI=1S/C14H26ClNO4S/c1-6-11(5)16(9-19-21-7-2)14(18)13(10(3)4)20-12(17)8-15/h10-11,13H,6-9H2,1-5H3. The Morgan fingerprint density at radius 2 is 1.86 bits per heavy atom. The maximum absolute atomic E-state index is 12.6. The summed E-state index contributed by atoms with van der Waals surface area (Å²) in [6.45, 7) is 9.75. The lowest BCUT2D eigenvalue weighted by Crippen LogP contribution is -2.48. The molecule has 0 radical (unpaired) electrons. The van der Waals surface area contributed by atoms with Gasteiger partial charge in [-0.3, -0.25) is 13.8 Å². The minimum atomic E-state index is -0.833. The second-order valence-electron chi connectivity index (χ2n) is 5.01. The minimum absolute atomic E-state index is 0.00547. The Labute approximate surface area is 136 Å². The third kappa shape index (κ3) is 7.38. The summed E-state index contributed by atoms with van der Waals surface area (Å²) in [6, 6.07) is 0.00547. The summed E-state index contributed by atoms with van der Waals surface area (Å²) in [4.78, 5) is 25.6. The Kier molecular flexibility index (Phi) is 10.9. The lowest BCUT2D eigenvalue weighted by atomic mass is 10.0. The highest BCUT2D eigenvalue weighted by atomic mass is 35.5. The number of hydrogen-bond donors (Lipinski definition) is 0. The summed E-state index contributed by atoms with van der Waals surface area (Å²) >= 11 is 6.75. The molecule has 0 rings (SSSR count). The number of carbonyl (C=O) groups is 2. The van der Waals surface area contributed by atoms with E-state index >= 15 is 0 Å². The Balaban J connectivity index is 4.96. The van der Waals surface area contributed by atoms with Gasteiger partial charge in [0.1, 0.15) is 12.6 Å². The highest BCUT2D eigenvalue weighted by Crippen LogP contribution is 2.16. The molecule has 5 nitrogen and oxygen atoms in total. The smallest absolute Gasteiger partial charge is 0.321 e. The molecule has 0 heterocycles. The summed E-state index contributed by atoms with van der Waals surface area (Å²) in [5.74, 6) is -0.416. The zero-order chi connectivity index (χ0) is 16.4. The van der Waals surface area contributed by atoms with E-state index in [0.29, 0.717) is 0 Å². The fourth-order valence-corrected chi connectivity index (χ4v) is 2.03. The number of hydrogen-bond acceptors (Lipinski definition) is 5. The van der Waals surface area contributed by atoms with Crippen molar-refractivity contribution in [1.29, 1.82) is 0 Å². The molecule has 0 N–H and O–H groups in total. The molecule has 0 saturated heterocycles. The molecule has 0 fully saturated rings. The lowest BCUT2D eigenvalue weighted by molar-refractivity contribution is -0.164. The first-order chi connectivity index (χ1) is 9.88. The molecule has 0 spiro atoms. The van der Waals surface area contributed by atoms with Gasteiger partial charge in [-0.05, 0) is 31.3 Å². The van der Waals surface area contributed by atoms with E-state index in [0.717, 1.165) is 12.2 Å². The first kappa shape index (κ1) is 20.5. The molecule has 124 valence electrons. The highest BCUT2D eigenvalue weighted by Gasteiger charge is 2.32. The van der Waals surface area contributed by atoms with Gasteiger partial charge in [0.25, 0.3) is 5.91 Å². The van der Waals surface area contributed by atoms with Crippen LogP contribution in [0.25, 0.3) is 0 Å². The Bertz CT molecular complexity index is 328. The van der Waals surface area contributed by atoms with Crippen LogP contribution in [0.4, 0.5) is 0 Å². The normalized spacial score (nSPS) is 13.9. The van der Waals surface area contributed by atoms with E-state index in [9.17, 15) is 9.59 Å². The zero-order valence-corrected chi connectivity index (χ0v) is 15.0. The quantitative estimate of drug-likeness (QED) is 0.201. The van der Waals surface area contributed by atoms with E-state index in [1.807, 2.05) is 34.6 Å². The van der Waals surface area contributed by atoms with Crippen molar-refractivity contribution in [3.05, 3.63) is 0 Å². The van der Waals surface area contributed by atoms with Gasteiger partial charge in [-0.2, -0.15) is 0 Å². The molecule has 0 aliphatic rings. The second kappa shape index (κ2) is 11.2. The molecule has 0 aromatic heterocycles. The van der Waals surface area contributed by atoms with Gasteiger partial charge in [0, 0.05) is 11.8 Å². The fraction of sp³-hybridized carbons (Fsp3) is 0.857. The highest BCUT2D eigenvalue weighted by molar-refractivity contribution is 7.94. The molecule has 21 heavy (non-hydrogen) atoms. The predicted molar refractivity (Wildman–Crippen MR) is 86.1 cm³/mol. The molecule has 0 aromatic rings. The van der Waals surface area contributed by atoms with Crippen LogP contribution in [-0.2, 0) is 18.5 Å². The third-order valence-corrected chi connectivity index (χ3v) is 3.74. The average Bonchev–Trinajstić information content (AvgIpc) is 2.47. The van der Waals surface area contributed by atoms with Crippen LogP contribution >= 0.6 is 23.6 Å². The number of rotatable bonds is 10. The first-order valence-corrected chi connectivity index (χ1v) is 8.63. The van der Waals surface area contributed by atoms with Crippen LogP contribution in [0.3, 0.4) is 0 Å². The number of carbonyl (C=O) groups excluding carboxylic acids is 2. The van der Waals surface area contributed by atoms with Gasteiger partial charge in [0.05, 0.1) is 0 Å². The number of alkyl halides is 1. The molecule has 2 atom stereocenters. The maximum atomic E-state index is 12.6. The minimum Gasteiger partial charge on any atom is -0.451 e. The molecule has 0 bridgehead atoms. The number of amides is 1. The van der Waals surface area contributed by atoms with Crippen molar-refractivity contribution in [1.82, 2.24) is 4.90 Å². The van der Waals surface area contributed by atoms with Crippen LogP contribution in [0.5, 0.6) is 0 Å². The topological polar surface area (TPSA) is 55.8 Å². The zero-order valence-electron chi connectivity index (χ0n) is 13.4. The molecule has 1 amide bonds. The van der Waals surface area contributed by atoms with Crippen LogP contribution < -0.4 is 0 Å². The van der Waals surface area contributed by atoms with Crippen LogP contribution in [-0.4, -0.2) is 47.3 Å². The van der Waals surface area contributed by atoms with Crippen molar-refractivity contribution in [2.45, 2.75) is 53.2 Å². The van der Waals surface area contributed by atoms with Crippen LogP contribution in [0.15, 0.2) is 0 Å². The molecular formula is C14H26ClNO4S. The third-order valence-electron chi connectivity index (χ3n) is 3.02. The van der Waals surface area contributed by atoms with Crippen molar-refractivity contribution in [3.63, 3.8) is 0 Å². The van der Waals surface area contributed by atoms with Crippen molar-refractivity contribution in [2.75, 3.05) is 18.4 Å². The van der Waals surface area contributed by atoms with Crippen molar-refractivity contribution in [3.8, 4) is 0 Å². The van der Waals surface area contributed by atoms with E-state index in [1.54, 1.807) is 4.90 Å². The van der Waals surface area contributed by atoms with E-state index in [1.165, 1.54) is 12.0 Å². The Hall–Kier alpha value is -0.460. The van der Waals surface area contributed by atoms with E-state index in [4.69, 9.17) is 20.5 Å². The second-order valence-corrected chi connectivity index (χ2v) is 6.32. The number of halogens is 1. The van der Waals surface area contributed by atoms with Gasteiger partial charge in [-0.15, -0.1) is 11.6 Å². The molecule has 7 heteroatoms. The molecule has 0 aliphatic heterocycles. The summed E-state index contributed by atoms with van der Waals surface area (Å²) in [6.07, 6.45) is -0.0411. The van der Waals surface area contributed by atoms with Crippen molar-refractivity contribution in [2.24, 2.45) is 5.92 Å². The number of nitrogens with zero attached hydrogens (tertiary/aromatic N) is 1. The van der Waals surface area contributed by atoms with Crippen LogP contribution in [0.2, 0.25) is 0 Å². The predicted octanol–water partition coefficient (Wildman–Crippen LogP) is 3.06. The molecular weight excluding hydrogens is 314 g/mol.